The second-order valence-corrected chi connectivity index (χ2v) is 8.00. The molecule has 2 fully saturated rings. The van der Waals surface area contributed by atoms with Gasteiger partial charge in [-0.05, 0) is 47.2 Å². The summed E-state index contributed by atoms with van der Waals surface area (Å²) in [6.45, 7) is 6.03. The number of morpholine rings is 1. The molecule has 0 spiro atoms. The summed E-state index contributed by atoms with van der Waals surface area (Å²) in [5.74, 6) is 0.671. The number of nitrogens with zero attached hydrogens (tertiary/aromatic N) is 5. The van der Waals surface area contributed by atoms with Crippen molar-refractivity contribution in [3.05, 3.63) is 51.6 Å². The van der Waals surface area contributed by atoms with Crippen LogP contribution in [0.2, 0.25) is 0 Å². The lowest BCUT2D eigenvalue weighted by Crippen LogP contribution is -2.42. The zero-order chi connectivity index (χ0) is 20.5. The Kier molecular flexibility index (Phi) is 5.32. The van der Waals surface area contributed by atoms with Gasteiger partial charge in [0.2, 0.25) is 0 Å². The first-order valence-corrected chi connectivity index (χ1v) is 10.5. The van der Waals surface area contributed by atoms with Crippen LogP contribution in [-0.4, -0.2) is 69.1 Å². The number of rotatable bonds is 5. The van der Waals surface area contributed by atoms with Gasteiger partial charge in [-0.1, -0.05) is 18.2 Å². The standard InChI is InChI=1S/C21H26N6O3/c1-14-4-2-5-15-12-17(21(28)22-18(14)15)19(26-7-10-29-11-8-26)20-23-24-25-27(20)13-16-6-3-9-30-16/h2,4-5,12,16,19H,3,6-11,13H2,1H3,(H,22,28)/t16-,19-/m0/s1. The summed E-state index contributed by atoms with van der Waals surface area (Å²) in [5, 5.41) is 13.5. The number of benzene rings is 1. The molecule has 5 rings (SSSR count). The third-order valence-corrected chi connectivity index (χ3v) is 6.03. The van der Waals surface area contributed by atoms with E-state index < -0.39 is 0 Å². The molecule has 2 saturated heterocycles. The van der Waals surface area contributed by atoms with Gasteiger partial charge in [-0.15, -0.1) is 5.10 Å². The molecular formula is C21H26N6O3. The summed E-state index contributed by atoms with van der Waals surface area (Å²) in [7, 11) is 0. The average Bonchev–Trinajstić information content (AvgIpc) is 3.43. The fourth-order valence-corrected chi connectivity index (χ4v) is 4.46. The molecule has 2 atom stereocenters. The number of ether oxygens (including phenoxy) is 2. The number of nitrogens with one attached hydrogen (secondary N) is 1. The summed E-state index contributed by atoms with van der Waals surface area (Å²) < 4.78 is 13.1. The Hall–Kier alpha value is -2.62. The van der Waals surface area contributed by atoms with E-state index in [1.165, 1.54) is 0 Å². The summed E-state index contributed by atoms with van der Waals surface area (Å²) in [6, 6.07) is 7.66. The fourth-order valence-electron chi connectivity index (χ4n) is 4.46. The van der Waals surface area contributed by atoms with Gasteiger partial charge in [0.05, 0.1) is 31.4 Å². The molecule has 4 heterocycles. The lowest BCUT2D eigenvalue weighted by molar-refractivity contribution is 0.0205. The number of aromatic amines is 1. The van der Waals surface area contributed by atoms with Gasteiger partial charge in [-0.2, -0.15) is 0 Å². The van der Waals surface area contributed by atoms with Crippen LogP contribution in [0.1, 0.15) is 35.8 Å². The van der Waals surface area contributed by atoms with Crippen LogP contribution in [0.15, 0.2) is 29.1 Å². The van der Waals surface area contributed by atoms with E-state index >= 15 is 0 Å². The van der Waals surface area contributed by atoms with Crippen LogP contribution in [0, 0.1) is 6.92 Å². The van der Waals surface area contributed by atoms with Crippen molar-refractivity contribution in [1.29, 1.82) is 0 Å². The third-order valence-electron chi connectivity index (χ3n) is 6.03. The fraction of sp³-hybridized carbons (Fsp3) is 0.524. The Bertz CT molecular complexity index is 1080. The molecule has 1 aromatic carbocycles. The first-order chi connectivity index (χ1) is 14.7. The number of fused-ring (bicyclic) bond motifs is 1. The molecule has 0 bridgehead atoms. The van der Waals surface area contributed by atoms with Crippen LogP contribution < -0.4 is 5.56 Å². The predicted molar refractivity (Wildman–Crippen MR) is 110 cm³/mol. The van der Waals surface area contributed by atoms with Crippen molar-refractivity contribution in [3.63, 3.8) is 0 Å². The Morgan fingerprint density at radius 3 is 2.93 bits per heavy atom. The van der Waals surface area contributed by atoms with Crippen LogP contribution in [-0.2, 0) is 16.0 Å². The minimum Gasteiger partial charge on any atom is -0.379 e. The van der Waals surface area contributed by atoms with Crippen molar-refractivity contribution < 1.29 is 9.47 Å². The van der Waals surface area contributed by atoms with Gasteiger partial charge in [-0.25, -0.2) is 4.68 Å². The molecule has 9 heteroatoms. The maximum Gasteiger partial charge on any atom is 0.253 e. The van der Waals surface area contributed by atoms with Gasteiger partial charge in [0.25, 0.3) is 5.56 Å². The molecule has 0 radical (unpaired) electrons. The van der Waals surface area contributed by atoms with E-state index in [9.17, 15) is 4.79 Å². The number of para-hydroxylation sites is 1. The zero-order valence-corrected chi connectivity index (χ0v) is 17.1. The summed E-state index contributed by atoms with van der Waals surface area (Å²) in [4.78, 5) is 18.5. The lowest BCUT2D eigenvalue weighted by Gasteiger charge is -2.33. The molecule has 0 aliphatic carbocycles. The second kappa shape index (κ2) is 8.25. The van der Waals surface area contributed by atoms with Crippen molar-refractivity contribution in [2.24, 2.45) is 0 Å². The Morgan fingerprint density at radius 2 is 2.13 bits per heavy atom. The molecule has 2 aliphatic rings. The van der Waals surface area contributed by atoms with E-state index in [0.717, 1.165) is 35.9 Å². The van der Waals surface area contributed by atoms with Gasteiger partial charge in [-0.3, -0.25) is 9.69 Å². The molecular weight excluding hydrogens is 384 g/mol. The number of aromatic nitrogens is 5. The topological polar surface area (TPSA) is 98.2 Å². The zero-order valence-electron chi connectivity index (χ0n) is 17.1. The minimum absolute atomic E-state index is 0.107. The minimum atomic E-state index is -0.348. The molecule has 1 N–H and O–H groups in total. The van der Waals surface area contributed by atoms with E-state index in [1.54, 1.807) is 4.68 Å². The van der Waals surface area contributed by atoms with Crippen LogP contribution in [0.3, 0.4) is 0 Å². The number of H-pyrrole nitrogens is 1. The SMILES string of the molecule is Cc1cccc2cc([C@@H](c3nnnn3C[C@@H]3CCCO3)N3CCOCC3)c(=O)[nH]c12. The molecule has 0 saturated carbocycles. The average molecular weight is 410 g/mol. The summed E-state index contributed by atoms with van der Waals surface area (Å²) in [6.07, 6.45) is 2.16. The second-order valence-electron chi connectivity index (χ2n) is 8.00. The monoisotopic (exact) mass is 410 g/mol. The van der Waals surface area contributed by atoms with Gasteiger partial charge in [0.15, 0.2) is 5.82 Å². The predicted octanol–water partition coefficient (Wildman–Crippen LogP) is 1.42. The Morgan fingerprint density at radius 1 is 1.27 bits per heavy atom. The van der Waals surface area contributed by atoms with E-state index in [2.05, 4.69) is 25.4 Å². The van der Waals surface area contributed by atoms with Gasteiger partial charge in [0.1, 0.15) is 6.04 Å². The van der Waals surface area contributed by atoms with Gasteiger partial charge in [0, 0.05) is 25.3 Å². The molecule has 158 valence electrons. The van der Waals surface area contributed by atoms with E-state index in [1.807, 2.05) is 31.2 Å². The van der Waals surface area contributed by atoms with Crippen molar-refractivity contribution in [2.75, 3.05) is 32.9 Å². The number of hydrogen-bond acceptors (Lipinski definition) is 7. The molecule has 2 aliphatic heterocycles. The van der Waals surface area contributed by atoms with Gasteiger partial charge < -0.3 is 14.5 Å². The Balaban J connectivity index is 1.60. The highest BCUT2D eigenvalue weighted by molar-refractivity contribution is 5.82. The normalized spacial score (nSPS) is 21.3. The number of tetrazole rings is 1. The maximum absolute atomic E-state index is 13.2. The van der Waals surface area contributed by atoms with Gasteiger partial charge >= 0.3 is 0 Å². The van der Waals surface area contributed by atoms with Crippen LogP contribution in [0.4, 0.5) is 0 Å². The number of pyridine rings is 1. The van der Waals surface area contributed by atoms with E-state index in [-0.39, 0.29) is 17.7 Å². The van der Waals surface area contributed by atoms with Crippen LogP contribution >= 0.6 is 0 Å². The highest BCUT2D eigenvalue weighted by Crippen LogP contribution is 2.28. The van der Waals surface area contributed by atoms with Crippen molar-refractivity contribution in [2.45, 2.75) is 38.5 Å². The lowest BCUT2D eigenvalue weighted by atomic mass is 10.0. The largest absolute Gasteiger partial charge is 0.379 e. The molecule has 0 amide bonds. The smallest absolute Gasteiger partial charge is 0.253 e. The van der Waals surface area contributed by atoms with Crippen molar-refractivity contribution in [3.8, 4) is 0 Å². The molecule has 0 unspecified atom stereocenters. The molecule has 2 aromatic heterocycles. The first-order valence-electron chi connectivity index (χ1n) is 10.5. The van der Waals surface area contributed by atoms with Crippen LogP contribution in [0.5, 0.6) is 0 Å². The summed E-state index contributed by atoms with van der Waals surface area (Å²) >= 11 is 0. The number of hydrogen-bond donors (Lipinski definition) is 1. The molecule has 30 heavy (non-hydrogen) atoms. The first kappa shape index (κ1) is 19.3. The third kappa shape index (κ3) is 3.64. The van der Waals surface area contributed by atoms with E-state index in [0.29, 0.717) is 44.2 Å². The van der Waals surface area contributed by atoms with E-state index in [4.69, 9.17) is 9.47 Å². The van der Waals surface area contributed by atoms with Crippen molar-refractivity contribution >= 4 is 10.9 Å². The Labute approximate surface area is 174 Å². The molecule has 9 nitrogen and oxygen atoms in total. The van der Waals surface area contributed by atoms with Crippen LogP contribution in [0.25, 0.3) is 10.9 Å². The highest BCUT2D eigenvalue weighted by atomic mass is 16.5. The number of aryl methyl sites for hydroxylation is 1. The maximum atomic E-state index is 13.2. The quantitative estimate of drug-likeness (QED) is 0.679. The molecule has 3 aromatic rings. The summed E-state index contributed by atoms with van der Waals surface area (Å²) in [5.41, 5.74) is 2.45. The highest BCUT2D eigenvalue weighted by Gasteiger charge is 2.32. The van der Waals surface area contributed by atoms with Crippen molar-refractivity contribution in [1.82, 2.24) is 30.1 Å².